The fourth-order valence-electron chi connectivity index (χ4n) is 3.67. The maximum absolute atomic E-state index is 13.8. The maximum atomic E-state index is 13.8. The van der Waals surface area contributed by atoms with Gasteiger partial charge in [0, 0.05) is 17.8 Å². The van der Waals surface area contributed by atoms with Crippen LogP contribution in [-0.4, -0.2) is 41.0 Å². The van der Waals surface area contributed by atoms with E-state index in [9.17, 15) is 32.3 Å². The van der Waals surface area contributed by atoms with Crippen molar-refractivity contribution >= 4 is 17.5 Å². The molecule has 0 aliphatic carbocycles. The monoisotopic (exact) mass is 454 g/mol. The second-order valence-corrected chi connectivity index (χ2v) is 7.60. The quantitative estimate of drug-likeness (QED) is 0.660. The molecule has 1 atom stereocenters. The molecule has 1 aliphatic heterocycles. The van der Waals surface area contributed by atoms with Gasteiger partial charge in [0.15, 0.2) is 0 Å². The standard InChI is InChI=1S/C22H22F4N2O3.CH4/c1-12-3-5-16-15(7-8-28(21(16)31)13(2)11-29)20(12)27-19(30)10-14-4-6-17(18(23)9-14)22(24,25)26;/h3-6,9,13,29H,7-8,10-11H2,1-2H3,(H,27,30);1H4/t13-;/m1./s1. The van der Waals surface area contributed by atoms with Crippen molar-refractivity contribution in [2.24, 2.45) is 0 Å². The van der Waals surface area contributed by atoms with Crippen LogP contribution in [0, 0.1) is 12.7 Å². The molecule has 0 aromatic heterocycles. The van der Waals surface area contributed by atoms with E-state index in [-0.39, 0.29) is 38.0 Å². The van der Waals surface area contributed by atoms with Gasteiger partial charge in [-0.1, -0.05) is 19.6 Å². The highest BCUT2D eigenvalue weighted by molar-refractivity contribution is 6.01. The zero-order chi connectivity index (χ0) is 22.9. The number of aliphatic hydroxyl groups excluding tert-OH is 1. The van der Waals surface area contributed by atoms with E-state index in [4.69, 9.17) is 0 Å². The summed E-state index contributed by atoms with van der Waals surface area (Å²) in [6.45, 7) is 3.72. The topological polar surface area (TPSA) is 69.6 Å². The van der Waals surface area contributed by atoms with Gasteiger partial charge < -0.3 is 15.3 Å². The number of anilines is 1. The lowest BCUT2D eigenvalue weighted by molar-refractivity contribution is -0.140. The van der Waals surface area contributed by atoms with Crippen LogP contribution >= 0.6 is 0 Å². The molecule has 0 bridgehead atoms. The Morgan fingerprint density at radius 1 is 1.25 bits per heavy atom. The third-order valence-corrected chi connectivity index (χ3v) is 5.38. The Balaban J connectivity index is 0.00000363. The number of aliphatic hydroxyl groups is 1. The van der Waals surface area contributed by atoms with Crippen LogP contribution in [0.2, 0.25) is 0 Å². The molecule has 0 saturated carbocycles. The number of hydrogen-bond donors (Lipinski definition) is 2. The lowest BCUT2D eigenvalue weighted by Crippen LogP contribution is -2.45. The highest BCUT2D eigenvalue weighted by Gasteiger charge is 2.34. The molecular weight excluding hydrogens is 428 g/mol. The van der Waals surface area contributed by atoms with Gasteiger partial charge in [0.2, 0.25) is 5.91 Å². The van der Waals surface area contributed by atoms with Crippen molar-refractivity contribution in [1.82, 2.24) is 4.90 Å². The van der Waals surface area contributed by atoms with Gasteiger partial charge in [-0.2, -0.15) is 13.2 Å². The van der Waals surface area contributed by atoms with Gasteiger partial charge in [-0.25, -0.2) is 4.39 Å². The molecule has 3 rings (SSSR count). The number of halogens is 4. The first-order chi connectivity index (χ1) is 14.5. The van der Waals surface area contributed by atoms with Crippen molar-refractivity contribution < 1.29 is 32.3 Å². The molecule has 0 unspecified atom stereocenters. The predicted molar refractivity (Wildman–Crippen MR) is 113 cm³/mol. The summed E-state index contributed by atoms with van der Waals surface area (Å²) >= 11 is 0. The Hall–Kier alpha value is -2.94. The van der Waals surface area contributed by atoms with Gasteiger partial charge in [-0.15, -0.1) is 0 Å². The Morgan fingerprint density at radius 3 is 2.53 bits per heavy atom. The van der Waals surface area contributed by atoms with Crippen LogP contribution in [0.4, 0.5) is 23.2 Å². The normalized spacial score (nSPS) is 14.5. The smallest absolute Gasteiger partial charge is 0.394 e. The zero-order valence-electron chi connectivity index (χ0n) is 17.0. The molecular formula is C23H26F4N2O3. The van der Waals surface area contributed by atoms with Crippen LogP contribution in [-0.2, 0) is 23.8 Å². The molecule has 0 spiro atoms. The second kappa shape index (κ2) is 9.68. The molecule has 0 radical (unpaired) electrons. The zero-order valence-corrected chi connectivity index (χ0v) is 17.0. The summed E-state index contributed by atoms with van der Waals surface area (Å²) in [5.74, 6) is -2.22. The third kappa shape index (κ3) is 5.09. The minimum atomic E-state index is -4.81. The minimum Gasteiger partial charge on any atom is -0.394 e. The van der Waals surface area contributed by atoms with Crippen LogP contribution in [0.3, 0.4) is 0 Å². The number of alkyl halides is 3. The fraction of sp³-hybridized carbons (Fsp3) is 0.391. The minimum absolute atomic E-state index is 0. The Labute approximate surface area is 184 Å². The largest absolute Gasteiger partial charge is 0.419 e. The molecule has 2 aromatic carbocycles. The molecule has 2 amide bonds. The summed E-state index contributed by atoms with van der Waals surface area (Å²) in [5.41, 5.74) is 1.00. The van der Waals surface area contributed by atoms with Crippen molar-refractivity contribution in [3.63, 3.8) is 0 Å². The van der Waals surface area contributed by atoms with E-state index in [2.05, 4.69) is 5.32 Å². The molecule has 0 saturated heterocycles. The number of benzene rings is 2. The van der Waals surface area contributed by atoms with Crippen molar-refractivity contribution in [3.05, 3.63) is 64.0 Å². The lowest BCUT2D eigenvalue weighted by Gasteiger charge is -2.34. The highest BCUT2D eigenvalue weighted by atomic mass is 19.4. The number of nitrogens with one attached hydrogen (secondary N) is 1. The van der Waals surface area contributed by atoms with E-state index in [0.29, 0.717) is 41.9 Å². The van der Waals surface area contributed by atoms with Gasteiger partial charge in [0.25, 0.3) is 5.91 Å². The van der Waals surface area contributed by atoms with Crippen molar-refractivity contribution in [2.45, 2.75) is 46.3 Å². The van der Waals surface area contributed by atoms with E-state index < -0.39 is 23.5 Å². The summed E-state index contributed by atoms with van der Waals surface area (Å²) in [7, 11) is 0. The first kappa shape index (κ1) is 25.3. The Kier molecular flexibility index (Phi) is 7.66. The fourth-order valence-corrected chi connectivity index (χ4v) is 3.67. The van der Waals surface area contributed by atoms with Gasteiger partial charge in [-0.05, 0) is 55.2 Å². The summed E-state index contributed by atoms with van der Waals surface area (Å²) in [4.78, 5) is 26.9. The Bertz CT molecular complexity index is 1020. The van der Waals surface area contributed by atoms with E-state index in [1.165, 1.54) is 0 Å². The van der Waals surface area contributed by atoms with E-state index >= 15 is 0 Å². The van der Waals surface area contributed by atoms with Gasteiger partial charge >= 0.3 is 6.18 Å². The number of carbonyl (C=O) groups is 2. The average molecular weight is 454 g/mol. The summed E-state index contributed by atoms with van der Waals surface area (Å²) in [5, 5.41) is 12.1. The Morgan fingerprint density at radius 2 is 1.94 bits per heavy atom. The molecule has 9 heteroatoms. The number of amides is 2. The second-order valence-electron chi connectivity index (χ2n) is 7.60. The molecule has 174 valence electrons. The number of hydrogen-bond acceptors (Lipinski definition) is 3. The van der Waals surface area contributed by atoms with Crippen molar-refractivity contribution in [1.29, 1.82) is 0 Å². The number of aryl methyl sites for hydroxylation is 1. The average Bonchev–Trinajstić information content (AvgIpc) is 2.69. The first-order valence-corrected chi connectivity index (χ1v) is 9.72. The molecule has 1 heterocycles. The SMILES string of the molecule is C.Cc1ccc2c(c1NC(=O)Cc1ccc(C(F)(F)F)c(F)c1)CCN([C@H](C)CO)C2=O. The van der Waals surface area contributed by atoms with Crippen LogP contribution in [0.25, 0.3) is 0 Å². The first-order valence-electron chi connectivity index (χ1n) is 9.72. The molecule has 5 nitrogen and oxygen atoms in total. The molecule has 32 heavy (non-hydrogen) atoms. The number of rotatable bonds is 5. The van der Waals surface area contributed by atoms with Crippen LogP contribution < -0.4 is 5.32 Å². The van der Waals surface area contributed by atoms with Gasteiger partial charge in [0.1, 0.15) is 5.82 Å². The van der Waals surface area contributed by atoms with Crippen LogP contribution in [0.15, 0.2) is 30.3 Å². The third-order valence-electron chi connectivity index (χ3n) is 5.38. The number of carbonyl (C=O) groups excluding carboxylic acids is 2. The summed E-state index contributed by atoms with van der Waals surface area (Å²) < 4.78 is 51.9. The number of nitrogens with zero attached hydrogens (tertiary/aromatic N) is 1. The predicted octanol–water partition coefficient (Wildman–Crippen LogP) is 4.35. The van der Waals surface area contributed by atoms with E-state index in [1.54, 1.807) is 30.9 Å². The van der Waals surface area contributed by atoms with Crippen LogP contribution in [0.1, 0.15) is 47.0 Å². The van der Waals surface area contributed by atoms with E-state index in [0.717, 1.165) is 11.6 Å². The maximum Gasteiger partial charge on any atom is 0.419 e. The number of fused-ring (bicyclic) bond motifs is 1. The molecule has 2 N–H and O–H groups in total. The summed E-state index contributed by atoms with van der Waals surface area (Å²) in [6, 6.07) is 5.41. The lowest BCUT2D eigenvalue weighted by atomic mass is 9.93. The molecule has 2 aromatic rings. The highest BCUT2D eigenvalue weighted by Crippen LogP contribution is 2.32. The van der Waals surface area contributed by atoms with Gasteiger partial charge in [-0.3, -0.25) is 9.59 Å². The van der Waals surface area contributed by atoms with Gasteiger partial charge in [0.05, 0.1) is 24.6 Å². The summed E-state index contributed by atoms with van der Waals surface area (Å²) in [6.07, 6.45) is -4.66. The van der Waals surface area contributed by atoms with Crippen molar-refractivity contribution in [3.8, 4) is 0 Å². The van der Waals surface area contributed by atoms with Crippen LogP contribution in [0.5, 0.6) is 0 Å². The van der Waals surface area contributed by atoms with E-state index in [1.807, 2.05) is 0 Å². The molecule has 1 aliphatic rings. The molecule has 0 fully saturated rings. The van der Waals surface area contributed by atoms with Crippen molar-refractivity contribution in [2.75, 3.05) is 18.5 Å².